The Morgan fingerprint density at radius 1 is 1.12 bits per heavy atom. The minimum atomic E-state index is -0.0876. The van der Waals surface area contributed by atoms with E-state index in [9.17, 15) is 9.90 Å². The molecule has 0 bridgehead atoms. The van der Waals surface area contributed by atoms with Crippen LogP contribution in [-0.4, -0.2) is 20.8 Å². The van der Waals surface area contributed by atoms with Crippen molar-refractivity contribution in [2.45, 2.75) is 12.3 Å². The van der Waals surface area contributed by atoms with Gasteiger partial charge in [-0.15, -0.1) is 0 Å². The highest BCUT2D eigenvalue weighted by Crippen LogP contribution is 2.38. The molecule has 1 atom stereocenters. The van der Waals surface area contributed by atoms with E-state index in [1.807, 2.05) is 24.3 Å². The van der Waals surface area contributed by atoms with Crippen LogP contribution in [0, 0.1) is 0 Å². The van der Waals surface area contributed by atoms with Gasteiger partial charge >= 0.3 is 0 Å². The first-order chi connectivity index (χ1) is 11.6. The molecule has 1 amide bonds. The predicted molar refractivity (Wildman–Crippen MR) is 91.8 cm³/mol. The van der Waals surface area contributed by atoms with Crippen molar-refractivity contribution in [1.82, 2.24) is 9.78 Å². The third-order valence-corrected chi connectivity index (χ3v) is 4.44. The molecule has 24 heavy (non-hydrogen) atoms. The molecule has 0 fully saturated rings. The number of amides is 1. The lowest BCUT2D eigenvalue weighted by Crippen LogP contribution is -2.24. The Hall–Kier alpha value is -2.79. The van der Waals surface area contributed by atoms with Gasteiger partial charge in [0.2, 0.25) is 5.91 Å². The first-order valence-corrected chi connectivity index (χ1v) is 7.92. The van der Waals surface area contributed by atoms with E-state index in [1.54, 1.807) is 35.1 Å². The third kappa shape index (κ3) is 2.53. The van der Waals surface area contributed by atoms with E-state index in [2.05, 4.69) is 10.4 Å². The molecule has 1 aliphatic heterocycles. The van der Waals surface area contributed by atoms with Crippen LogP contribution in [0.2, 0.25) is 5.02 Å². The summed E-state index contributed by atoms with van der Waals surface area (Å²) in [5.74, 6) is 0.731. The SMILES string of the molecule is O=C1C[C@H](c2ccc(O)cc2)c2cnn(-c3ccc(Cl)cc3)c2N1. The monoisotopic (exact) mass is 339 g/mol. The topological polar surface area (TPSA) is 67.1 Å². The lowest BCUT2D eigenvalue weighted by molar-refractivity contribution is -0.116. The molecule has 120 valence electrons. The lowest BCUT2D eigenvalue weighted by atomic mass is 9.87. The molecule has 0 unspecified atom stereocenters. The Labute approximate surface area is 143 Å². The second-order valence-electron chi connectivity index (χ2n) is 5.73. The number of nitrogens with zero attached hydrogens (tertiary/aromatic N) is 2. The summed E-state index contributed by atoms with van der Waals surface area (Å²) in [6.07, 6.45) is 2.13. The van der Waals surface area contributed by atoms with E-state index >= 15 is 0 Å². The fraction of sp³-hybridized carbons (Fsp3) is 0.111. The second-order valence-corrected chi connectivity index (χ2v) is 6.17. The van der Waals surface area contributed by atoms with Crippen LogP contribution in [0.5, 0.6) is 5.75 Å². The van der Waals surface area contributed by atoms with Gasteiger partial charge in [0.1, 0.15) is 11.6 Å². The Bertz CT molecular complexity index is 901. The van der Waals surface area contributed by atoms with Gasteiger partial charge < -0.3 is 10.4 Å². The van der Waals surface area contributed by atoms with E-state index in [0.29, 0.717) is 17.3 Å². The molecule has 0 spiro atoms. The molecule has 3 aromatic rings. The summed E-state index contributed by atoms with van der Waals surface area (Å²) in [4.78, 5) is 12.2. The van der Waals surface area contributed by atoms with Crippen molar-refractivity contribution >= 4 is 23.3 Å². The van der Waals surface area contributed by atoms with Crippen molar-refractivity contribution in [3.63, 3.8) is 0 Å². The first kappa shape index (κ1) is 14.8. The lowest BCUT2D eigenvalue weighted by Gasteiger charge is -2.23. The van der Waals surface area contributed by atoms with Gasteiger partial charge in [-0.2, -0.15) is 5.10 Å². The molecule has 0 saturated carbocycles. The molecule has 2 heterocycles. The molecule has 0 radical (unpaired) electrons. The van der Waals surface area contributed by atoms with E-state index in [4.69, 9.17) is 11.6 Å². The average molecular weight is 340 g/mol. The number of nitrogens with one attached hydrogen (secondary N) is 1. The van der Waals surface area contributed by atoms with Gasteiger partial charge in [-0.1, -0.05) is 23.7 Å². The zero-order valence-electron chi connectivity index (χ0n) is 12.6. The van der Waals surface area contributed by atoms with Crippen LogP contribution in [-0.2, 0) is 4.79 Å². The van der Waals surface area contributed by atoms with E-state index in [0.717, 1.165) is 16.8 Å². The van der Waals surface area contributed by atoms with Crippen molar-refractivity contribution in [1.29, 1.82) is 0 Å². The number of halogens is 1. The number of benzene rings is 2. The van der Waals surface area contributed by atoms with Gasteiger partial charge in [-0.25, -0.2) is 4.68 Å². The summed E-state index contributed by atoms with van der Waals surface area (Å²) in [5.41, 5.74) is 2.75. The molecule has 2 aromatic carbocycles. The number of hydrogen-bond acceptors (Lipinski definition) is 3. The summed E-state index contributed by atoms with van der Waals surface area (Å²) in [7, 11) is 0. The van der Waals surface area contributed by atoms with Gasteiger partial charge in [0.15, 0.2) is 0 Å². The second kappa shape index (κ2) is 5.69. The maximum absolute atomic E-state index is 12.2. The Balaban J connectivity index is 1.80. The van der Waals surface area contributed by atoms with Gasteiger partial charge in [0.25, 0.3) is 0 Å². The van der Waals surface area contributed by atoms with Gasteiger partial charge in [-0.05, 0) is 42.0 Å². The van der Waals surface area contributed by atoms with Crippen LogP contribution in [0.3, 0.4) is 0 Å². The zero-order valence-corrected chi connectivity index (χ0v) is 13.4. The maximum atomic E-state index is 12.2. The first-order valence-electron chi connectivity index (χ1n) is 7.54. The molecule has 2 N–H and O–H groups in total. The zero-order chi connectivity index (χ0) is 16.7. The highest BCUT2D eigenvalue weighted by Gasteiger charge is 2.30. The molecule has 4 rings (SSSR count). The van der Waals surface area contributed by atoms with Crippen molar-refractivity contribution < 1.29 is 9.90 Å². The molecule has 6 heteroatoms. The maximum Gasteiger partial charge on any atom is 0.226 e. The highest BCUT2D eigenvalue weighted by atomic mass is 35.5. The van der Waals surface area contributed by atoms with Crippen LogP contribution in [0.25, 0.3) is 5.69 Å². The number of carbonyl (C=O) groups excluding carboxylic acids is 1. The number of phenols is 1. The van der Waals surface area contributed by atoms with Crippen LogP contribution < -0.4 is 5.32 Å². The van der Waals surface area contributed by atoms with E-state index in [-0.39, 0.29) is 17.6 Å². The van der Waals surface area contributed by atoms with Crippen molar-refractivity contribution in [2.75, 3.05) is 5.32 Å². The number of aromatic hydroxyl groups is 1. The summed E-state index contributed by atoms with van der Waals surface area (Å²) in [5, 5.41) is 17.5. The Morgan fingerprint density at radius 2 is 1.83 bits per heavy atom. The number of carbonyl (C=O) groups is 1. The van der Waals surface area contributed by atoms with Crippen molar-refractivity contribution in [2.24, 2.45) is 0 Å². The van der Waals surface area contributed by atoms with Crippen LogP contribution in [0.1, 0.15) is 23.5 Å². The molecule has 0 aliphatic carbocycles. The number of anilines is 1. The Kier molecular flexibility index (Phi) is 3.50. The van der Waals surface area contributed by atoms with Crippen LogP contribution in [0.4, 0.5) is 5.82 Å². The van der Waals surface area contributed by atoms with Crippen molar-refractivity contribution in [3.05, 3.63) is 70.9 Å². The number of aromatic nitrogens is 2. The minimum absolute atomic E-state index is 0.0590. The molecule has 1 aliphatic rings. The summed E-state index contributed by atoms with van der Waals surface area (Å²) in [6.45, 7) is 0. The molecule has 5 nitrogen and oxygen atoms in total. The summed E-state index contributed by atoms with van der Waals surface area (Å²) >= 11 is 5.94. The highest BCUT2D eigenvalue weighted by molar-refractivity contribution is 6.30. The number of hydrogen-bond donors (Lipinski definition) is 2. The summed E-state index contributed by atoms with van der Waals surface area (Å²) in [6, 6.07) is 14.2. The van der Waals surface area contributed by atoms with Gasteiger partial charge in [-0.3, -0.25) is 4.79 Å². The largest absolute Gasteiger partial charge is 0.508 e. The van der Waals surface area contributed by atoms with Gasteiger partial charge in [0.05, 0.1) is 11.9 Å². The van der Waals surface area contributed by atoms with Crippen LogP contribution in [0.15, 0.2) is 54.7 Å². The molecular formula is C18H14ClN3O2. The van der Waals surface area contributed by atoms with E-state index in [1.165, 1.54) is 0 Å². The molecule has 0 saturated heterocycles. The van der Waals surface area contributed by atoms with Crippen LogP contribution >= 0.6 is 11.6 Å². The standard InChI is InChI=1S/C18H14ClN3O2/c19-12-3-5-13(6-4-12)22-18-16(10-20-22)15(9-17(24)21-18)11-1-7-14(23)8-2-11/h1-8,10,15,23H,9H2,(H,21,24)/t15-/m1/s1. The fourth-order valence-corrected chi connectivity index (χ4v) is 3.13. The summed E-state index contributed by atoms with van der Waals surface area (Å²) < 4.78 is 1.70. The predicted octanol–water partition coefficient (Wildman–Crippen LogP) is 3.71. The normalized spacial score (nSPS) is 16.5. The number of fused-ring (bicyclic) bond motifs is 1. The minimum Gasteiger partial charge on any atom is -0.508 e. The van der Waals surface area contributed by atoms with Crippen molar-refractivity contribution in [3.8, 4) is 11.4 Å². The number of rotatable bonds is 2. The Morgan fingerprint density at radius 3 is 2.54 bits per heavy atom. The molecular weight excluding hydrogens is 326 g/mol. The third-order valence-electron chi connectivity index (χ3n) is 4.19. The van der Waals surface area contributed by atoms with E-state index < -0.39 is 0 Å². The average Bonchev–Trinajstić information content (AvgIpc) is 2.99. The number of phenolic OH excluding ortho intramolecular Hbond substituents is 1. The van der Waals surface area contributed by atoms with Gasteiger partial charge in [0, 0.05) is 22.9 Å². The smallest absolute Gasteiger partial charge is 0.226 e. The fourth-order valence-electron chi connectivity index (χ4n) is 3.00. The molecule has 1 aromatic heterocycles. The quantitative estimate of drug-likeness (QED) is 0.748.